The molecule has 1 saturated carbocycles. The van der Waals surface area contributed by atoms with Gasteiger partial charge in [-0.15, -0.1) is 0 Å². The number of benzene rings is 3. The highest BCUT2D eigenvalue weighted by Gasteiger charge is 2.63. The number of carbonyl (C=O) groups is 1. The van der Waals surface area contributed by atoms with E-state index in [1.165, 1.54) is 25.3 Å². The quantitative estimate of drug-likeness (QED) is 0.288. The summed E-state index contributed by atoms with van der Waals surface area (Å²) in [4.78, 5) is 18.2. The topological polar surface area (TPSA) is 85.4 Å². The SMILES string of the molecule is C.COc1ccc(C)cc1[C@@]1(C(=O)NS(=O)(=O)c2cccc3nc(C)ccc23)C[C@H]1c1ccc(C(F)(F)F)cc1. The van der Waals surface area contributed by atoms with E-state index in [1.54, 1.807) is 49.4 Å². The summed E-state index contributed by atoms with van der Waals surface area (Å²) >= 11 is 0. The summed E-state index contributed by atoms with van der Waals surface area (Å²) in [6.07, 6.45) is -4.31. The molecule has 0 aliphatic heterocycles. The van der Waals surface area contributed by atoms with Gasteiger partial charge in [0.15, 0.2) is 0 Å². The molecule has 210 valence electrons. The van der Waals surface area contributed by atoms with Gasteiger partial charge in [0.05, 0.1) is 28.5 Å². The number of aromatic nitrogens is 1. The molecular formula is C30H29F3N2O4S. The summed E-state index contributed by atoms with van der Waals surface area (Å²) in [6, 6.07) is 17.8. The van der Waals surface area contributed by atoms with Crippen molar-refractivity contribution in [3.63, 3.8) is 0 Å². The number of fused-ring (bicyclic) bond motifs is 1. The Bertz CT molecular complexity index is 1700. The lowest BCUT2D eigenvalue weighted by Gasteiger charge is -2.22. The summed E-state index contributed by atoms with van der Waals surface area (Å²) in [5.74, 6) is -0.969. The van der Waals surface area contributed by atoms with Crippen molar-refractivity contribution in [1.82, 2.24) is 9.71 Å². The van der Waals surface area contributed by atoms with Crippen molar-refractivity contribution < 1.29 is 31.1 Å². The first-order valence-electron chi connectivity index (χ1n) is 12.1. The minimum atomic E-state index is -4.50. The maximum absolute atomic E-state index is 14.0. The van der Waals surface area contributed by atoms with Crippen molar-refractivity contribution in [3.05, 3.63) is 101 Å². The Hall–Kier alpha value is -3.92. The van der Waals surface area contributed by atoms with Gasteiger partial charge in [0, 0.05) is 22.6 Å². The molecule has 0 saturated heterocycles. The first-order chi connectivity index (χ1) is 18.4. The molecule has 1 heterocycles. The number of nitrogens with zero attached hydrogens (tertiary/aromatic N) is 1. The second-order valence-electron chi connectivity index (χ2n) is 9.76. The minimum Gasteiger partial charge on any atom is -0.496 e. The van der Waals surface area contributed by atoms with Crippen LogP contribution in [0.15, 0.2) is 77.7 Å². The van der Waals surface area contributed by atoms with Crippen LogP contribution in [0.4, 0.5) is 13.2 Å². The van der Waals surface area contributed by atoms with Gasteiger partial charge in [-0.05, 0) is 68.3 Å². The second kappa shape index (κ2) is 10.2. The minimum absolute atomic E-state index is 0. The van der Waals surface area contributed by atoms with E-state index in [2.05, 4.69) is 9.71 Å². The molecule has 6 nitrogen and oxygen atoms in total. The number of rotatable bonds is 6. The van der Waals surface area contributed by atoms with Crippen LogP contribution in [0, 0.1) is 13.8 Å². The standard InChI is InChI=1S/C29H25F3N2O4S.CH4/c1-17-7-14-25(38-3)22(15-17)28(16-23(28)19-9-11-20(12-10-19)29(30,31)32)27(35)34-39(36,37)26-6-4-5-24-21(26)13-8-18(2)33-24;/h4-15,23H,16H2,1-3H3,(H,34,35);1H4/t23-,28-;/m0./s1. The van der Waals surface area contributed by atoms with Crippen LogP contribution in [0.25, 0.3) is 10.9 Å². The number of hydrogen-bond acceptors (Lipinski definition) is 5. The number of pyridine rings is 1. The molecule has 0 bridgehead atoms. The van der Waals surface area contributed by atoms with Crippen LogP contribution >= 0.6 is 0 Å². The van der Waals surface area contributed by atoms with E-state index in [9.17, 15) is 26.4 Å². The van der Waals surface area contributed by atoms with Gasteiger partial charge in [0.25, 0.3) is 10.0 Å². The lowest BCUT2D eigenvalue weighted by atomic mass is 9.88. The average molecular weight is 571 g/mol. The van der Waals surface area contributed by atoms with Gasteiger partial charge in [-0.3, -0.25) is 9.78 Å². The molecule has 10 heteroatoms. The fourth-order valence-corrected chi connectivity index (χ4v) is 6.40. The summed E-state index contributed by atoms with van der Waals surface area (Å²) < 4.78 is 74.3. The molecular weight excluding hydrogens is 541 g/mol. The van der Waals surface area contributed by atoms with Gasteiger partial charge in [-0.2, -0.15) is 13.2 Å². The van der Waals surface area contributed by atoms with Crippen molar-refractivity contribution in [3.8, 4) is 5.75 Å². The highest BCUT2D eigenvalue weighted by Crippen LogP contribution is 2.62. The maximum Gasteiger partial charge on any atom is 0.416 e. The van der Waals surface area contributed by atoms with Crippen LogP contribution in [-0.2, 0) is 26.4 Å². The lowest BCUT2D eigenvalue weighted by Crippen LogP contribution is -2.40. The van der Waals surface area contributed by atoms with E-state index >= 15 is 0 Å². The Morgan fingerprint density at radius 3 is 2.38 bits per heavy atom. The van der Waals surface area contributed by atoms with Crippen LogP contribution in [0.2, 0.25) is 0 Å². The number of nitrogens with one attached hydrogen (secondary N) is 1. The van der Waals surface area contributed by atoms with E-state index in [1.807, 2.05) is 6.92 Å². The van der Waals surface area contributed by atoms with Crippen molar-refractivity contribution >= 4 is 26.8 Å². The Kier molecular flexibility index (Phi) is 7.44. The maximum atomic E-state index is 14.0. The number of sulfonamides is 1. The third kappa shape index (κ3) is 5.03. The first-order valence-corrected chi connectivity index (χ1v) is 13.6. The van der Waals surface area contributed by atoms with E-state index < -0.39 is 39.0 Å². The summed E-state index contributed by atoms with van der Waals surface area (Å²) in [7, 11) is -2.90. The largest absolute Gasteiger partial charge is 0.496 e. The number of ether oxygens (including phenoxy) is 1. The summed E-state index contributed by atoms with van der Waals surface area (Å²) in [5, 5.41) is 0.362. The highest BCUT2D eigenvalue weighted by atomic mass is 32.2. The number of aryl methyl sites for hydroxylation is 2. The molecule has 40 heavy (non-hydrogen) atoms. The Balaban J connectivity index is 0.00000370. The van der Waals surface area contributed by atoms with Crippen LogP contribution in [0.5, 0.6) is 5.75 Å². The zero-order valence-electron chi connectivity index (χ0n) is 21.3. The predicted octanol–water partition coefficient (Wildman–Crippen LogP) is 6.45. The van der Waals surface area contributed by atoms with Crippen LogP contribution in [0.3, 0.4) is 0 Å². The zero-order valence-corrected chi connectivity index (χ0v) is 22.2. The van der Waals surface area contributed by atoms with Gasteiger partial charge in [-0.1, -0.05) is 43.3 Å². The van der Waals surface area contributed by atoms with Gasteiger partial charge in [0.2, 0.25) is 5.91 Å². The van der Waals surface area contributed by atoms with E-state index in [0.717, 1.165) is 17.7 Å². The van der Waals surface area contributed by atoms with Crippen molar-refractivity contribution in [1.29, 1.82) is 0 Å². The van der Waals surface area contributed by atoms with Gasteiger partial charge in [-0.25, -0.2) is 13.1 Å². The fourth-order valence-electron chi connectivity index (χ4n) is 5.14. The molecule has 0 spiro atoms. The number of carbonyl (C=O) groups excluding carboxylic acids is 1. The van der Waals surface area contributed by atoms with Gasteiger partial charge < -0.3 is 4.74 Å². The van der Waals surface area contributed by atoms with Crippen LogP contribution in [0.1, 0.15) is 47.7 Å². The Labute approximate surface area is 231 Å². The fraction of sp³-hybridized carbons (Fsp3) is 0.267. The molecule has 1 aromatic heterocycles. The van der Waals surface area contributed by atoms with Crippen molar-refractivity contribution in [2.75, 3.05) is 7.11 Å². The third-order valence-corrected chi connectivity index (χ3v) is 8.58. The second-order valence-corrected chi connectivity index (χ2v) is 11.4. The molecule has 1 aliphatic carbocycles. The van der Waals surface area contributed by atoms with Crippen molar-refractivity contribution in [2.24, 2.45) is 0 Å². The lowest BCUT2D eigenvalue weighted by molar-refractivity contribution is -0.137. The number of halogens is 3. The predicted molar refractivity (Wildman–Crippen MR) is 147 cm³/mol. The Morgan fingerprint density at radius 1 is 1.02 bits per heavy atom. The van der Waals surface area contributed by atoms with E-state index in [0.29, 0.717) is 33.5 Å². The smallest absolute Gasteiger partial charge is 0.416 e. The van der Waals surface area contributed by atoms with E-state index in [-0.39, 0.29) is 18.7 Å². The summed E-state index contributed by atoms with van der Waals surface area (Å²) in [6.45, 7) is 3.61. The van der Waals surface area contributed by atoms with Crippen LogP contribution in [-0.4, -0.2) is 26.4 Å². The number of amides is 1. The molecule has 1 N–H and O–H groups in total. The number of methoxy groups -OCH3 is 1. The zero-order chi connectivity index (χ0) is 28.2. The molecule has 1 fully saturated rings. The molecule has 2 atom stereocenters. The molecule has 1 amide bonds. The Morgan fingerprint density at radius 2 is 1.73 bits per heavy atom. The van der Waals surface area contributed by atoms with Gasteiger partial charge >= 0.3 is 6.18 Å². The number of alkyl halides is 3. The van der Waals surface area contributed by atoms with Crippen molar-refractivity contribution in [2.45, 2.75) is 50.1 Å². The molecule has 1 aliphatic rings. The number of hydrogen-bond donors (Lipinski definition) is 1. The highest BCUT2D eigenvalue weighted by molar-refractivity contribution is 7.90. The third-order valence-electron chi connectivity index (χ3n) is 7.19. The first kappa shape index (κ1) is 29.1. The normalized spacial score (nSPS) is 18.6. The van der Waals surface area contributed by atoms with Crippen LogP contribution < -0.4 is 9.46 Å². The monoisotopic (exact) mass is 570 g/mol. The summed E-state index contributed by atoms with van der Waals surface area (Å²) in [5.41, 5.74) is 0.774. The molecule has 3 aromatic carbocycles. The van der Waals surface area contributed by atoms with Gasteiger partial charge in [0.1, 0.15) is 5.75 Å². The molecule has 0 radical (unpaired) electrons. The molecule has 4 aromatic rings. The van der Waals surface area contributed by atoms with E-state index in [4.69, 9.17) is 4.74 Å². The molecule has 5 rings (SSSR count). The average Bonchev–Trinajstić information content (AvgIpc) is 3.64. The molecule has 0 unspecified atom stereocenters.